The van der Waals surface area contributed by atoms with Crippen LogP contribution in [0.3, 0.4) is 0 Å². The molecule has 1 aliphatic heterocycles. The number of hydrogen-bond acceptors (Lipinski definition) is 6. The van der Waals surface area contributed by atoms with Crippen molar-refractivity contribution in [3.63, 3.8) is 0 Å². The third kappa shape index (κ3) is 3.71. The van der Waals surface area contributed by atoms with E-state index in [1.165, 1.54) is 4.31 Å². The zero-order valence-electron chi connectivity index (χ0n) is 11.2. The molecular weight excluding hydrogens is 302 g/mol. The van der Waals surface area contributed by atoms with Crippen LogP contribution in [0, 0.1) is 0 Å². The molecule has 20 heavy (non-hydrogen) atoms. The lowest BCUT2D eigenvalue weighted by Gasteiger charge is -2.31. The van der Waals surface area contributed by atoms with E-state index in [-0.39, 0.29) is 22.9 Å². The Balaban J connectivity index is 1.95. The van der Waals surface area contributed by atoms with Gasteiger partial charge in [0.05, 0.1) is 5.75 Å². The molecular formula is C11H18ClN5O2S. The van der Waals surface area contributed by atoms with Crippen LogP contribution in [0.1, 0.15) is 19.8 Å². The Morgan fingerprint density at radius 1 is 1.45 bits per heavy atom. The Kier molecular flexibility index (Phi) is 4.66. The highest BCUT2D eigenvalue weighted by Gasteiger charge is 2.26. The number of nitrogens with zero attached hydrogens (tertiary/aromatic N) is 3. The Hall–Kier alpha value is -1.12. The maximum atomic E-state index is 11.8. The van der Waals surface area contributed by atoms with Crippen molar-refractivity contribution in [1.82, 2.24) is 14.3 Å². The number of nitrogens with one attached hydrogen (secondary N) is 1. The number of nitrogens with two attached hydrogens (primary N) is 1. The van der Waals surface area contributed by atoms with Gasteiger partial charge in [-0.25, -0.2) is 17.7 Å². The molecule has 112 valence electrons. The van der Waals surface area contributed by atoms with Crippen LogP contribution in [0.5, 0.6) is 0 Å². The summed E-state index contributed by atoms with van der Waals surface area (Å²) in [5.41, 5.74) is 5.53. The third-order valence-corrected chi connectivity index (χ3v) is 5.35. The fourth-order valence-electron chi connectivity index (χ4n) is 2.18. The first-order chi connectivity index (χ1) is 9.40. The van der Waals surface area contributed by atoms with Crippen LogP contribution in [0.2, 0.25) is 5.15 Å². The fourth-order valence-corrected chi connectivity index (χ4v) is 3.50. The number of hydrogen-bond donors (Lipinski definition) is 2. The number of rotatable bonds is 4. The van der Waals surface area contributed by atoms with E-state index in [4.69, 9.17) is 17.3 Å². The second-order valence-electron chi connectivity index (χ2n) is 4.65. The van der Waals surface area contributed by atoms with Gasteiger partial charge in [-0.1, -0.05) is 11.6 Å². The van der Waals surface area contributed by atoms with Crippen molar-refractivity contribution in [2.75, 3.05) is 29.9 Å². The molecule has 1 aromatic heterocycles. The molecule has 2 heterocycles. The Labute approximate surface area is 123 Å². The minimum absolute atomic E-state index is 0.117. The van der Waals surface area contributed by atoms with Gasteiger partial charge in [0.2, 0.25) is 16.0 Å². The molecule has 0 radical (unpaired) electrons. The SMILES string of the molecule is CCS(=O)(=O)N1CCC(Nc2cc(Cl)nc(N)n2)CC1. The predicted molar refractivity (Wildman–Crippen MR) is 79.1 cm³/mol. The van der Waals surface area contributed by atoms with Crippen molar-refractivity contribution in [2.24, 2.45) is 0 Å². The summed E-state index contributed by atoms with van der Waals surface area (Å²) < 4.78 is 25.1. The first-order valence-electron chi connectivity index (χ1n) is 6.45. The van der Waals surface area contributed by atoms with Crippen molar-refractivity contribution in [3.8, 4) is 0 Å². The smallest absolute Gasteiger partial charge is 0.223 e. The number of piperidine rings is 1. The topological polar surface area (TPSA) is 101 Å². The van der Waals surface area contributed by atoms with Gasteiger partial charge in [-0.3, -0.25) is 0 Å². The number of halogens is 1. The highest BCUT2D eigenvalue weighted by molar-refractivity contribution is 7.89. The molecule has 2 rings (SSSR count). The summed E-state index contributed by atoms with van der Waals surface area (Å²) in [6.07, 6.45) is 1.45. The quantitative estimate of drug-likeness (QED) is 0.801. The minimum Gasteiger partial charge on any atom is -0.368 e. The monoisotopic (exact) mass is 319 g/mol. The zero-order valence-corrected chi connectivity index (χ0v) is 12.8. The van der Waals surface area contributed by atoms with Gasteiger partial charge in [-0.05, 0) is 19.8 Å². The average Bonchev–Trinajstić information content (AvgIpc) is 2.38. The lowest BCUT2D eigenvalue weighted by molar-refractivity contribution is 0.330. The van der Waals surface area contributed by atoms with E-state index < -0.39 is 10.0 Å². The van der Waals surface area contributed by atoms with Gasteiger partial charge < -0.3 is 11.1 Å². The second kappa shape index (κ2) is 6.11. The second-order valence-corrected chi connectivity index (χ2v) is 7.30. The van der Waals surface area contributed by atoms with E-state index in [2.05, 4.69) is 15.3 Å². The van der Waals surface area contributed by atoms with Crippen LogP contribution in [0.15, 0.2) is 6.07 Å². The van der Waals surface area contributed by atoms with Crippen LogP contribution in [0.25, 0.3) is 0 Å². The highest BCUT2D eigenvalue weighted by Crippen LogP contribution is 2.19. The lowest BCUT2D eigenvalue weighted by Crippen LogP contribution is -2.43. The van der Waals surface area contributed by atoms with Crippen LogP contribution < -0.4 is 11.1 Å². The van der Waals surface area contributed by atoms with Gasteiger partial charge in [-0.2, -0.15) is 4.98 Å². The molecule has 1 fully saturated rings. The Morgan fingerprint density at radius 2 is 2.10 bits per heavy atom. The maximum Gasteiger partial charge on any atom is 0.223 e. The molecule has 9 heteroatoms. The van der Waals surface area contributed by atoms with E-state index in [9.17, 15) is 8.42 Å². The van der Waals surface area contributed by atoms with E-state index >= 15 is 0 Å². The van der Waals surface area contributed by atoms with Gasteiger partial charge in [-0.15, -0.1) is 0 Å². The van der Waals surface area contributed by atoms with Gasteiger partial charge in [0.25, 0.3) is 0 Å². The molecule has 1 aromatic rings. The molecule has 0 aliphatic carbocycles. The standard InChI is InChI=1S/C11H18ClN5O2S/c1-2-20(18,19)17-5-3-8(4-6-17)14-10-7-9(12)15-11(13)16-10/h7-8H,2-6H2,1H3,(H3,13,14,15,16). The van der Waals surface area contributed by atoms with Gasteiger partial charge in [0, 0.05) is 25.2 Å². The molecule has 0 atom stereocenters. The number of anilines is 2. The Morgan fingerprint density at radius 3 is 2.65 bits per heavy atom. The van der Waals surface area contributed by atoms with Crippen molar-refractivity contribution in [2.45, 2.75) is 25.8 Å². The molecule has 0 bridgehead atoms. The minimum atomic E-state index is -3.09. The van der Waals surface area contributed by atoms with Crippen molar-refractivity contribution in [3.05, 3.63) is 11.2 Å². The van der Waals surface area contributed by atoms with Crippen molar-refractivity contribution >= 4 is 33.4 Å². The number of aromatic nitrogens is 2. The molecule has 0 aromatic carbocycles. The van der Waals surface area contributed by atoms with E-state index in [1.807, 2.05) is 0 Å². The number of nitrogen functional groups attached to an aromatic ring is 1. The fraction of sp³-hybridized carbons (Fsp3) is 0.636. The van der Waals surface area contributed by atoms with E-state index in [0.717, 1.165) is 12.8 Å². The summed E-state index contributed by atoms with van der Waals surface area (Å²) in [5, 5.41) is 3.50. The highest BCUT2D eigenvalue weighted by atomic mass is 35.5. The first-order valence-corrected chi connectivity index (χ1v) is 8.44. The normalized spacial score (nSPS) is 18.1. The summed E-state index contributed by atoms with van der Waals surface area (Å²) in [7, 11) is -3.09. The van der Waals surface area contributed by atoms with E-state index in [1.54, 1.807) is 13.0 Å². The zero-order chi connectivity index (χ0) is 14.8. The molecule has 0 spiro atoms. The van der Waals surface area contributed by atoms with Crippen LogP contribution in [-0.2, 0) is 10.0 Å². The molecule has 7 nitrogen and oxygen atoms in total. The molecule has 0 unspecified atom stereocenters. The number of sulfonamides is 1. The first kappa shape index (κ1) is 15.3. The third-order valence-electron chi connectivity index (χ3n) is 3.28. The van der Waals surface area contributed by atoms with Crippen LogP contribution in [-0.4, -0.2) is 47.6 Å². The molecule has 1 saturated heterocycles. The predicted octanol–water partition coefficient (Wildman–Crippen LogP) is 0.938. The summed E-state index contributed by atoms with van der Waals surface area (Å²) >= 11 is 5.81. The lowest BCUT2D eigenvalue weighted by atomic mass is 10.1. The van der Waals surface area contributed by atoms with Gasteiger partial charge >= 0.3 is 0 Å². The Bertz CT molecular complexity index is 552. The average molecular weight is 320 g/mol. The molecule has 3 N–H and O–H groups in total. The summed E-state index contributed by atoms with van der Waals surface area (Å²) in [6.45, 7) is 2.69. The van der Waals surface area contributed by atoms with Crippen LogP contribution in [0.4, 0.5) is 11.8 Å². The largest absolute Gasteiger partial charge is 0.368 e. The van der Waals surface area contributed by atoms with E-state index in [0.29, 0.717) is 18.9 Å². The maximum absolute atomic E-state index is 11.8. The summed E-state index contributed by atoms with van der Waals surface area (Å²) in [5.74, 6) is 0.827. The molecule has 0 saturated carbocycles. The van der Waals surface area contributed by atoms with Crippen molar-refractivity contribution < 1.29 is 8.42 Å². The van der Waals surface area contributed by atoms with Gasteiger partial charge in [0.1, 0.15) is 11.0 Å². The van der Waals surface area contributed by atoms with Gasteiger partial charge in [0.15, 0.2) is 0 Å². The summed E-state index contributed by atoms with van der Waals surface area (Å²) in [6, 6.07) is 1.76. The summed E-state index contributed by atoms with van der Waals surface area (Å²) in [4.78, 5) is 7.84. The molecule has 0 amide bonds. The van der Waals surface area contributed by atoms with Crippen molar-refractivity contribution in [1.29, 1.82) is 0 Å². The van der Waals surface area contributed by atoms with Crippen LogP contribution >= 0.6 is 11.6 Å². The molecule has 1 aliphatic rings.